The third-order valence-corrected chi connectivity index (χ3v) is 3.07. The molecule has 0 aromatic heterocycles. The van der Waals surface area contributed by atoms with Crippen molar-refractivity contribution in [1.29, 1.82) is 0 Å². The minimum atomic E-state index is -0.0246. The summed E-state index contributed by atoms with van der Waals surface area (Å²) in [7, 11) is 0. The molecule has 1 saturated heterocycles. The highest BCUT2D eigenvalue weighted by atomic mass is 16.5. The Labute approximate surface area is 92.1 Å². The minimum Gasteiger partial charge on any atom is -0.466 e. The lowest BCUT2D eigenvalue weighted by Gasteiger charge is -2.33. The molecule has 0 aromatic carbocycles. The molecule has 0 radical (unpaired) electrons. The number of carbonyl (C=O) groups is 1. The number of piperidine rings is 1. The quantitative estimate of drug-likeness (QED) is 0.525. The van der Waals surface area contributed by atoms with Crippen LogP contribution in [0, 0.1) is 5.92 Å². The van der Waals surface area contributed by atoms with Crippen molar-refractivity contribution in [3.63, 3.8) is 0 Å². The molecule has 3 heteroatoms. The molecule has 0 N–H and O–H groups in total. The van der Waals surface area contributed by atoms with Gasteiger partial charge in [0, 0.05) is 6.04 Å². The number of rotatable bonds is 4. The second-order valence-electron chi connectivity index (χ2n) is 4.04. The van der Waals surface area contributed by atoms with E-state index in [9.17, 15) is 4.79 Å². The number of esters is 1. The summed E-state index contributed by atoms with van der Waals surface area (Å²) in [6.07, 6.45) is 3.78. The first-order chi connectivity index (χ1) is 7.19. The van der Waals surface area contributed by atoms with Gasteiger partial charge in [0.25, 0.3) is 0 Å². The third kappa shape index (κ3) is 3.34. The molecular weight excluding hydrogens is 190 g/mol. The molecule has 1 aliphatic heterocycles. The first-order valence-corrected chi connectivity index (χ1v) is 5.72. The van der Waals surface area contributed by atoms with Crippen molar-refractivity contribution in [2.45, 2.75) is 32.7 Å². The van der Waals surface area contributed by atoms with Crippen LogP contribution in [-0.4, -0.2) is 36.6 Å². The van der Waals surface area contributed by atoms with Gasteiger partial charge in [0.05, 0.1) is 12.5 Å². The summed E-state index contributed by atoms with van der Waals surface area (Å²) in [6, 6.07) is 0.410. The van der Waals surface area contributed by atoms with Gasteiger partial charge >= 0.3 is 5.97 Å². The van der Waals surface area contributed by atoms with Crippen LogP contribution < -0.4 is 0 Å². The predicted octanol–water partition coefficient (Wildman–Crippen LogP) is 1.84. The van der Waals surface area contributed by atoms with Gasteiger partial charge in [-0.1, -0.05) is 6.08 Å². The Morgan fingerprint density at radius 1 is 1.60 bits per heavy atom. The first kappa shape index (κ1) is 12.2. The smallest absolute Gasteiger partial charge is 0.309 e. The second kappa shape index (κ2) is 5.91. The van der Waals surface area contributed by atoms with Gasteiger partial charge < -0.3 is 4.74 Å². The van der Waals surface area contributed by atoms with E-state index >= 15 is 0 Å². The van der Waals surface area contributed by atoms with Crippen LogP contribution in [0.2, 0.25) is 0 Å². The van der Waals surface area contributed by atoms with E-state index in [4.69, 9.17) is 4.74 Å². The first-order valence-electron chi connectivity index (χ1n) is 5.72. The van der Waals surface area contributed by atoms with Gasteiger partial charge in [-0.15, -0.1) is 6.58 Å². The van der Waals surface area contributed by atoms with Crippen molar-refractivity contribution >= 4 is 5.97 Å². The molecule has 0 bridgehead atoms. The zero-order valence-corrected chi connectivity index (χ0v) is 9.74. The molecule has 0 aliphatic carbocycles. The van der Waals surface area contributed by atoms with Crippen molar-refractivity contribution < 1.29 is 9.53 Å². The molecule has 1 fully saturated rings. The molecule has 1 rings (SSSR count). The fraction of sp³-hybridized carbons (Fsp3) is 0.750. The highest BCUT2D eigenvalue weighted by molar-refractivity contribution is 5.72. The average molecular weight is 211 g/mol. The summed E-state index contributed by atoms with van der Waals surface area (Å²) in [6.45, 7) is 10.2. The van der Waals surface area contributed by atoms with Crippen LogP contribution in [0.4, 0.5) is 0 Å². The van der Waals surface area contributed by atoms with Crippen LogP contribution in [0.5, 0.6) is 0 Å². The standard InChI is InChI=1S/C12H21NO2/c1-4-10(3)13-8-6-11(7-9-13)12(14)15-5-2/h4,10-11H,1,5-9H2,2-3H3. The Balaban J connectivity index is 2.35. The van der Waals surface area contributed by atoms with Gasteiger partial charge in [-0.05, 0) is 39.8 Å². The van der Waals surface area contributed by atoms with Gasteiger partial charge in [0.15, 0.2) is 0 Å². The number of carbonyl (C=O) groups excluding carboxylic acids is 1. The molecule has 1 atom stereocenters. The average Bonchev–Trinajstić information content (AvgIpc) is 2.28. The van der Waals surface area contributed by atoms with Crippen molar-refractivity contribution in [2.75, 3.05) is 19.7 Å². The molecule has 1 aliphatic rings. The maximum absolute atomic E-state index is 11.5. The number of likely N-dealkylation sites (tertiary alicyclic amines) is 1. The molecule has 0 aromatic rings. The zero-order valence-electron chi connectivity index (χ0n) is 9.74. The van der Waals surface area contributed by atoms with Gasteiger partial charge in [-0.25, -0.2) is 0 Å². The fourth-order valence-corrected chi connectivity index (χ4v) is 1.95. The van der Waals surface area contributed by atoms with Gasteiger partial charge in [0.1, 0.15) is 0 Å². The molecule has 1 unspecified atom stereocenters. The lowest BCUT2D eigenvalue weighted by atomic mass is 9.96. The number of nitrogens with zero attached hydrogens (tertiary/aromatic N) is 1. The Morgan fingerprint density at radius 2 is 2.20 bits per heavy atom. The largest absolute Gasteiger partial charge is 0.466 e. The van der Waals surface area contributed by atoms with Crippen LogP contribution in [0.3, 0.4) is 0 Å². The number of ether oxygens (including phenoxy) is 1. The topological polar surface area (TPSA) is 29.5 Å². The van der Waals surface area contributed by atoms with Crippen molar-refractivity contribution in [2.24, 2.45) is 5.92 Å². The van der Waals surface area contributed by atoms with Crippen LogP contribution in [-0.2, 0) is 9.53 Å². The van der Waals surface area contributed by atoms with E-state index in [0.29, 0.717) is 12.6 Å². The van der Waals surface area contributed by atoms with E-state index in [2.05, 4.69) is 18.4 Å². The zero-order chi connectivity index (χ0) is 11.3. The molecular formula is C12H21NO2. The Hall–Kier alpha value is -0.830. The number of hydrogen-bond donors (Lipinski definition) is 0. The molecule has 0 saturated carbocycles. The molecule has 0 spiro atoms. The van der Waals surface area contributed by atoms with Gasteiger partial charge in [0.2, 0.25) is 0 Å². The lowest BCUT2D eigenvalue weighted by Crippen LogP contribution is -2.41. The Bertz CT molecular complexity index is 220. The molecule has 1 heterocycles. The summed E-state index contributed by atoms with van der Waals surface area (Å²) in [5, 5.41) is 0. The summed E-state index contributed by atoms with van der Waals surface area (Å²) in [5.41, 5.74) is 0. The fourth-order valence-electron chi connectivity index (χ4n) is 1.95. The Morgan fingerprint density at radius 3 is 2.67 bits per heavy atom. The highest BCUT2D eigenvalue weighted by Crippen LogP contribution is 2.20. The highest BCUT2D eigenvalue weighted by Gasteiger charge is 2.26. The van der Waals surface area contributed by atoms with Crippen molar-refractivity contribution in [3.8, 4) is 0 Å². The second-order valence-corrected chi connectivity index (χ2v) is 4.04. The summed E-state index contributed by atoms with van der Waals surface area (Å²) < 4.78 is 5.03. The van der Waals surface area contributed by atoms with Crippen molar-refractivity contribution in [3.05, 3.63) is 12.7 Å². The monoisotopic (exact) mass is 211 g/mol. The maximum atomic E-state index is 11.5. The van der Waals surface area contributed by atoms with Gasteiger partial charge in [-0.3, -0.25) is 9.69 Å². The summed E-state index contributed by atoms with van der Waals surface area (Å²) in [5.74, 6) is 0.0848. The summed E-state index contributed by atoms with van der Waals surface area (Å²) >= 11 is 0. The van der Waals surface area contributed by atoms with E-state index in [1.165, 1.54) is 0 Å². The molecule has 86 valence electrons. The SMILES string of the molecule is C=CC(C)N1CCC(C(=O)OCC)CC1. The van der Waals surface area contributed by atoms with E-state index < -0.39 is 0 Å². The van der Waals surface area contributed by atoms with E-state index in [-0.39, 0.29) is 11.9 Å². The molecule has 0 amide bonds. The predicted molar refractivity (Wildman–Crippen MR) is 60.6 cm³/mol. The lowest BCUT2D eigenvalue weighted by molar-refractivity contribution is -0.149. The molecule has 15 heavy (non-hydrogen) atoms. The van der Waals surface area contributed by atoms with Crippen LogP contribution in [0.25, 0.3) is 0 Å². The van der Waals surface area contributed by atoms with E-state index in [1.807, 2.05) is 13.0 Å². The normalized spacial score (nSPS) is 20.9. The number of hydrogen-bond acceptors (Lipinski definition) is 3. The van der Waals surface area contributed by atoms with Gasteiger partial charge in [-0.2, -0.15) is 0 Å². The Kier molecular flexibility index (Phi) is 4.82. The van der Waals surface area contributed by atoms with Crippen LogP contribution in [0.15, 0.2) is 12.7 Å². The minimum absolute atomic E-state index is 0.0246. The van der Waals surface area contributed by atoms with Crippen LogP contribution in [0.1, 0.15) is 26.7 Å². The maximum Gasteiger partial charge on any atom is 0.309 e. The third-order valence-electron chi connectivity index (χ3n) is 3.07. The molecule has 3 nitrogen and oxygen atoms in total. The summed E-state index contributed by atoms with van der Waals surface area (Å²) in [4.78, 5) is 13.8. The van der Waals surface area contributed by atoms with Crippen LogP contribution >= 0.6 is 0 Å². The van der Waals surface area contributed by atoms with E-state index in [1.54, 1.807) is 0 Å². The van der Waals surface area contributed by atoms with E-state index in [0.717, 1.165) is 25.9 Å². The van der Waals surface area contributed by atoms with Crippen molar-refractivity contribution in [1.82, 2.24) is 4.90 Å².